The van der Waals surface area contributed by atoms with Crippen molar-refractivity contribution in [3.8, 4) is 0 Å². The lowest BCUT2D eigenvalue weighted by Crippen LogP contribution is -2.38. The number of hydrogen-bond acceptors (Lipinski definition) is 3. The second-order valence-electron chi connectivity index (χ2n) is 4.44. The molecule has 90 valence electrons. The summed E-state index contributed by atoms with van der Waals surface area (Å²) in [6, 6.07) is 0. The van der Waals surface area contributed by atoms with Crippen molar-refractivity contribution in [2.75, 3.05) is 45.8 Å². The molecule has 15 heavy (non-hydrogen) atoms. The molecule has 0 spiro atoms. The summed E-state index contributed by atoms with van der Waals surface area (Å²) in [5.41, 5.74) is 0. The van der Waals surface area contributed by atoms with Crippen LogP contribution in [0.2, 0.25) is 0 Å². The molecule has 0 bridgehead atoms. The van der Waals surface area contributed by atoms with Gasteiger partial charge in [-0.2, -0.15) is 0 Å². The molecular formula is C12H27N3. The van der Waals surface area contributed by atoms with E-state index in [0.717, 1.165) is 12.5 Å². The topological polar surface area (TPSA) is 27.3 Å². The van der Waals surface area contributed by atoms with Crippen LogP contribution in [0.4, 0.5) is 0 Å². The molecule has 1 unspecified atom stereocenters. The summed E-state index contributed by atoms with van der Waals surface area (Å²) < 4.78 is 0. The predicted octanol–water partition coefficient (Wildman–Crippen LogP) is 0.917. The molecule has 3 heteroatoms. The van der Waals surface area contributed by atoms with Gasteiger partial charge in [-0.05, 0) is 51.5 Å². The zero-order chi connectivity index (χ0) is 10.9. The fraction of sp³-hybridized carbons (Fsp3) is 1.00. The van der Waals surface area contributed by atoms with Crippen molar-refractivity contribution in [1.82, 2.24) is 15.5 Å². The highest BCUT2D eigenvalue weighted by Gasteiger charge is 2.11. The normalized spacial score (nSPS) is 22.2. The van der Waals surface area contributed by atoms with Crippen molar-refractivity contribution in [2.24, 2.45) is 5.92 Å². The SMILES string of the molecule is CCN(CC)CCNCC1CCCNC1. The van der Waals surface area contributed by atoms with Crippen LogP contribution in [0.25, 0.3) is 0 Å². The Morgan fingerprint density at radius 2 is 2.13 bits per heavy atom. The highest BCUT2D eigenvalue weighted by atomic mass is 15.1. The van der Waals surface area contributed by atoms with Gasteiger partial charge in [-0.15, -0.1) is 0 Å². The van der Waals surface area contributed by atoms with Crippen LogP contribution >= 0.6 is 0 Å². The number of hydrogen-bond donors (Lipinski definition) is 2. The minimum absolute atomic E-state index is 0.857. The second kappa shape index (κ2) is 8.08. The lowest BCUT2D eigenvalue weighted by Gasteiger charge is -2.24. The predicted molar refractivity (Wildman–Crippen MR) is 66.3 cm³/mol. The molecule has 0 amide bonds. The summed E-state index contributed by atoms with van der Waals surface area (Å²) in [7, 11) is 0. The van der Waals surface area contributed by atoms with E-state index in [2.05, 4.69) is 29.4 Å². The third kappa shape index (κ3) is 5.50. The maximum Gasteiger partial charge on any atom is 0.0107 e. The van der Waals surface area contributed by atoms with E-state index in [0.29, 0.717) is 0 Å². The van der Waals surface area contributed by atoms with Crippen molar-refractivity contribution in [2.45, 2.75) is 26.7 Å². The van der Waals surface area contributed by atoms with Gasteiger partial charge in [-0.1, -0.05) is 13.8 Å². The molecule has 1 heterocycles. The van der Waals surface area contributed by atoms with E-state index in [9.17, 15) is 0 Å². The molecule has 2 N–H and O–H groups in total. The van der Waals surface area contributed by atoms with Gasteiger partial charge in [0.25, 0.3) is 0 Å². The molecule has 0 aromatic rings. The molecule has 0 aromatic carbocycles. The first-order valence-electron chi connectivity index (χ1n) is 6.50. The van der Waals surface area contributed by atoms with E-state index in [1.54, 1.807) is 0 Å². The van der Waals surface area contributed by atoms with Crippen molar-refractivity contribution in [3.05, 3.63) is 0 Å². The fourth-order valence-electron chi connectivity index (χ4n) is 2.18. The van der Waals surface area contributed by atoms with Gasteiger partial charge in [0.1, 0.15) is 0 Å². The smallest absolute Gasteiger partial charge is 0.0107 e. The Balaban J connectivity index is 1.95. The first kappa shape index (κ1) is 12.9. The number of rotatable bonds is 7. The molecule has 1 saturated heterocycles. The zero-order valence-corrected chi connectivity index (χ0v) is 10.4. The second-order valence-corrected chi connectivity index (χ2v) is 4.44. The number of piperidine rings is 1. The summed E-state index contributed by atoms with van der Waals surface area (Å²) in [5, 5.41) is 7.03. The summed E-state index contributed by atoms with van der Waals surface area (Å²) in [6.45, 7) is 12.7. The van der Waals surface area contributed by atoms with Crippen LogP contribution in [0.5, 0.6) is 0 Å². The fourth-order valence-corrected chi connectivity index (χ4v) is 2.18. The number of nitrogens with zero attached hydrogens (tertiary/aromatic N) is 1. The lowest BCUT2D eigenvalue weighted by molar-refractivity contribution is 0.292. The summed E-state index contributed by atoms with van der Waals surface area (Å²) in [5.74, 6) is 0.857. The van der Waals surface area contributed by atoms with Crippen LogP contribution in [0.3, 0.4) is 0 Å². The number of nitrogens with one attached hydrogen (secondary N) is 2. The van der Waals surface area contributed by atoms with Gasteiger partial charge < -0.3 is 15.5 Å². The highest BCUT2D eigenvalue weighted by Crippen LogP contribution is 2.07. The first-order chi connectivity index (χ1) is 7.36. The van der Waals surface area contributed by atoms with E-state index in [1.165, 1.54) is 52.1 Å². The summed E-state index contributed by atoms with van der Waals surface area (Å²) in [6.07, 6.45) is 2.74. The van der Waals surface area contributed by atoms with Gasteiger partial charge in [-0.25, -0.2) is 0 Å². The monoisotopic (exact) mass is 213 g/mol. The average molecular weight is 213 g/mol. The van der Waals surface area contributed by atoms with Crippen molar-refractivity contribution < 1.29 is 0 Å². The molecule has 0 aliphatic carbocycles. The molecule has 0 aromatic heterocycles. The van der Waals surface area contributed by atoms with Crippen LogP contribution < -0.4 is 10.6 Å². The van der Waals surface area contributed by atoms with Crippen LogP contribution in [0, 0.1) is 5.92 Å². The Hall–Kier alpha value is -0.120. The standard InChI is InChI=1S/C12H27N3/c1-3-15(4-2)9-8-14-11-12-6-5-7-13-10-12/h12-14H,3-11H2,1-2H3. The molecule has 3 nitrogen and oxygen atoms in total. The zero-order valence-electron chi connectivity index (χ0n) is 10.4. The van der Waals surface area contributed by atoms with Crippen LogP contribution in [-0.4, -0.2) is 50.7 Å². The molecule has 1 rings (SSSR count). The number of likely N-dealkylation sites (N-methyl/N-ethyl adjacent to an activating group) is 1. The molecule has 1 atom stereocenters. The van der Waals surface area contributed by atoms with Gasteiger partial charge in [0.15, 0.2) is 0 Å². The third-order valence-corrected chi connectivity index (χ3v) is 3.33. The van der Waals surface area contributed by atoms with E-state index in [1.807, 2.05) is 0 Å². The molecule has 0 saturated carbocycles. The van der Waals surface area contributed by atoms with Gasteiger partial charge in [0, 0.05) is 13.1 Å². The van der Waals surface area contributed by atoms with Crippen LogP contribution in [0.15, 0.2) is 0 Å². The summed E-state index contributed by atoms with van der Waals surface area (Å²) in [4.78, 5) is 2.46. The van der Waals surface area contributed by atoms with E-state index < -0.39 is 0 Å². The lowest BCUT2D eigenvalue weighted by atomic mass is 10.00. The van der Waals surface area contributed by atoms with Crippen LogP contribution in [0.1, 0.15) is 26.7 Å². The minimum atomic E-state index is 0.857. The van der Waals surface area contributed by atoms with E-state index >= 15 is 0 Å². The van der Waals surface area contributed by atoms with E-state index in [-0.39, 0.29) is 0 Å². The Bertz CT molecular complexity index is 140. The Kier molecular flexibility index (Phi) is 6.98. The highest BCUT2D eigenvalue weighted by molar-refractivity contribution is 4.71. The molecule has 1 aliphatic heterocycles. The Morgan fingerprint density at radius 3 is 2.73 bits per heavy atom. The van der Waals surface area contributed by atoms with Crippen molar-refractivity contribution in [1.29, 1.82) is 0 Å². The van der Waals surface area contributed by atoms with Crippen LogP contribution in [-0.2, 0) is 0 Å². The Morgan fingerprint density at radius 1 is 1.33 bits per heavy atom. The van der Waals surface area contributed by atoms with E-state index in [4.69, 9.17) is 0 Å². The summed E-state index contributed by atoms with van der Waals surface area (Å²) >= 11 is 0. The minimum Gasteiger partial charge on any atom is -0.316 e. The van der Waals surface area contributed by atoms with Gasteiger partial charge in [0.2, 0.25) is 0 Å². The van der Waals surface area contributed by atoms with Gasteiger partial charge in [-0.3, -0.25) is 0 Å². The largest absolute Gasteiger partial charge is 0.316 e. The van der Waals surface area contributed by atoms with Crippen molar-refractivity contribution >= 4 is 0 Å². The average Bonchev–Trinajstić information content (AvgIpc) is 2.31. The third-order valence-electron chi connectivity index (χ3n) is 3.33. The maximum absolute atomic E-state index is 3.57. The molecule has 1 aliphatic rings. The molecular weight excluding hydrogens is 186 g/mol. The quantitative estimate of drug-likeness (QED) is 0.616. The Labute approximate surface area is 94.6 Å². The first-order valence-corrected chi connectivity index (χ1v) is 6.50. The van der Waals surface area contributed by atoms with Gasteiger partial charge in [0.05, 0.1) is 0 Å². The van der Waals surface area contributed by atoms with Gasteiger partial charge >= 0.3 is 0 Å². The molecule has 0 radical (unpaired) electrons. The molecule has 1 fully saturated rings. The maximum atomic E-state index is 3.57. The van der Waals surface area contributed by atoms with Crippen molar-refractivity contribution in [3.63, 3.8) is 0 Å².